The number of pyridine rings is 3. The second-order valence-electron chi connectivity index (χ2n) is 9.14. The molecule has 1 aliphatic heterocycles. The number of hydrogen-bond acceptors (Lipinski definition) is 7. The van der Waals surface area contributed by atoms with Crippen LogP contribution in [0.5, 0.6) is 0 Å². The van der Waals surface area contributed by atoms with Gasteiger partial charge < -0.3 is 9.64 Å². The summed E-state index contributed by atoms with van der Waals surface area (Å²) in [6, 6.07) is 12.2. The summed E-state index contributed by atoms with van der Waals surface area (Å²) in [5.74, 6) is -0.113. The lowest BCUT2D eigenvalue weighted by molar-refractivity contribution is 0.0520. The van der Waals surface area contributed by atoms with Crippen molar-refractivity contribution < 1.29 is 18.3 Å². The Labute approximate surface area is 222 Å². The molecule has 5 aromatic rings. The summed E-state index contributed by atoms with van der Waals surface area (Å²) in [4.78, 5) is 27.8. The Morgan fingerprint density at radius 3 is 2.82 bits per heavy atom. The standard InChI is InChI=1S/C29H24F2N6O2/c1-2-39-29(38)23-13-18-6-4-10-33-26(18)28(35-23)37-11-5-8-17-12-20(21(27(30)31)14-24(17)37)22-16-34-36-25(22)19-7-3-9-32-15-19/h3-4,6-7,9-10,12-16,27H,2,5,8,11H2,1H3,(H,34,36). The second-order valence-corrected chi connectivity index (χ2v) is 9.14. The topological polar surface area (TPSA) is 96.9 Å². The van der Waals surface area contributed by atoms with Gasteiger partial charge in [0.1, 0.15) is 11.2 Å². The highest BCUT2D eigenvalue weighted by atomic mass is 19.3. The van der Waals surface area contributed by atoms with E-state index in [0.717, 1.165) is 17.5 Å². The summed E-state index contributed by atoms with van der Waals surface area (Å²) in [6.45, 7) is 2.47. The molecule has 5 heterocycles. The average Bonchev–Trinajstić information content (AvgIpc) is 3.46. The molecule has 0 atom stereocenters. The number of halogens is 2. The number of nitrogens with one attached hydrogen (secondary N) is 1. The summed E-state index contributed by atoms with van der Waals surface area (Å²) < 4.78 is 34.4. The Bertz CT molecular complexity index is 1670. The highest BCUT2D eigenvalue weighted by Crippen LogP contribution is 2.43. The number of aryl methyl sites for hydroxylation is 1. The third-order valence-electron chi connectivity index (χ3n) is 6.78. The predicted octanol–water partition coefficient (Wildman–Crippen LogP) is 6.28. The molecule has 0 aliphatic carbocycles. The highest BCUT2D eigenvalue weighted by Gasteiger charge is 2.28. The molecule has 1 aliphatic rings. The van der Waals surface area contributed by atoms with Crippen LogP contribution in [0.1, 0.15) is 41.4 Å². The van der Waals surface area contributed by atoms with Crippen LogP contribution in [0.15, 0.2) is 67.3 Å². The zero-order valence-corrected chi connectivity index (χ0v) is 21.1. The number of nitrogens with zero attached hydrogens (tertiary/aromatic N) is 5. The Morgan fingerprint density at radius 2 is 2.03 bits per heavy atom. The molecule has 0 fully saturated rings. The zero-order chi connectivity index (χ0) is 26.9. The summed E-state index contributed by atoms with van der Waals surface area (Å²) >= 11 is 0. The number of carbonyl (C=O) groups is 1. The van der Waals surface area contributed by atoms with Gasteiger partial charge in [-0.3, -0.25) is 15.1 Å². The smallest absolute Gasteiger partial charge is 0.357 e. The molecule has 0 saturated carbocycles. The number of carbonyl (C=O) groups excluding carboxylic acids is 1. The van der Waals surface area contributed by atoms with Crippen LogP contribution >= 0.6 is 0 Å². The van der Waals surface area contributed by atoms with Gasteiger partial charge in [0.05, 0.1) is 6.61 Å². The zero-order valence-electron chi connectivity index (χ0n) is 21.1. The summed E-state index contributed by atoms with van der Waals surface area (Å²) in [5, 5.41) is 7.87. The van der Waals surface area contributed by atoms with E-state index >= 15 is 0 Å². The number of anilines is 2. The number of esters is 1. The number of ether oxygens (including phenoxy) is 1. The minimum atomic E-state index is -2.74. The van der Waals surface area contributed by atoms with Gasteiger partial charge in [0.15, 0.2) is 11.5 Å². The van der Waals surface area contributed by atoms with Gasteiger partial charge in [-0.05, 0) is 67.3 Å². The molecule has 0 amide bonds. The first kappa shape index (κ1) is 24.6. The van der Waals surface area contributed by atoms with E-state index in [4.69, 9.17) is 4.74 Å². The van der Waals surface area contributed by atoms with E-state index in [1.54, 1.807) is 49.9 Å². The third kappa shape index (κ3) is 4.47. The Kier molecular flexibility index (Phi) is 6.44. The van der Waals surface area contributed by atoms with Crippen molar-refractivity contribution in [1.29, 1.82) is 0 Å². The van der Waals surface area contributed by atoms with Crippen molar-refractivity contribution in [3.05, 3.63) is 84.1 Å². The number of benzene rings is 1. The Morgan fingerprint density at radius 1 is 1.15 bits per heavy atom. The van der Waals surface area contributed by atoms with Gasteiger partial charge >= 0.3 is 5.97 Å². The molecule has 196 valence electrons. The molecular weight excluding hydrogens is 502 g/mol. The largest absolute Gasteiger partial charge is 0.461 e. The fraction of sp³-hybridized carbons (Fsp3) is 0.207. The molecule has 1 N–H and O–H groups in total. The van der Waals surface area contributed by atoms with Gasteiger partial charge in [0, 0.05) is 59.1 Å². The molecule has 6 rings (SSSR count). The fourth-order valence-electron chi connectivity index (χ4n) is 5.07. The normalized spacial score (nSPS) is 13.1. The van der Waals surface area contributed by atoms with Crippen molar-refractivity contribution >= 4 is 28.4 Å². The van der Waals surface area contributed by atoms with Crippen LogP contribution in [0.2, 0.25) is 0 Å². The number of H-pyrrole nitrogens is 1. The van der Waals surface area contributed by atoms with Crippen molar-refractivity contribution in [3.8, 4) is 22.4 Å². The molecule has 8 nitrogen and oxygen atoms in total. The van der Waals surface area contributed by atoms with E-state index in [-0.39, 0.29) is 17.9 Å². The monoisotopic (exact) mass is 526 g/mol. The third-order valence-corrected chi connectivity index (χ3v) is 6.78. The average molecular weight is 527 g/mol. The van der Waals surface area contributed by atoms with E-state index in [1.165, 1.54) is 6.07 Å². The SMILES string of the molecule is CCOC(=O)c1cc2cccnc2c(N2CCCc3cc(-c4c[nH]nc4-c4cccnc4)c(C(F)F)cc32)n1. The fourth-order valence-corrected chi connectivity index (χ4v) is 5.07. The summed E-state index contributed by atoms with van der Waals surface area (Å²) in [5.41, 5.74) is 4.38. The minimum Gasteiger partial charge on any atom is -0.461 e. The van der Waals surface area contributed by atoms with E-state index in [0.29, 0.717) is 52.2 Å². The number of aromatic nitrogens is 5. The van der Waals surface area contributed by atoms with Crippen LogP contribution < -0.4 is 4.90 Å². The van der Waals surface area contributed by atoms with Gasteiger partial charge in [-0.15, -0.1) is 0 Å². The Balaban J connectivity index is 1.52. The lowest BCUT2D eigenvalue weighted by Gasteiger charge is -2.32. The van der Waals surface area contributed by atoms with E-state index in [9.17, 15) is 13.6 Å². The van der Waals surface area contributed by atoms with Crippen LogP contribution in [0, 0.1) is 0 Å². The van der Waals surface area contributed by atoms with Gasteiger partial charge in [0.25, 0.3) is 6.43 Å². The molecule has 0 bridgehead atoms. The van der Waals surface area contributed by atoms with Crippen LogP contribution in [-0.4, -0.2) is 44.3 Å². The molecule has 0 radical (unpaired) electrons. The minimum absolute atomic E-state index is 0.119. The molecule has 4 aromatic heterocycles. The first-order chi connectivity index (χ1) is 19.0. The quantitative estimate of drug-likeness (QED) is 0.260. The number of fused-ring (bicyclic) bond motifs is 2. The Hall–Kier alpha value is -4.73. The van der Waals surface area contributed by atoms with Crippen LogP contribution in [0.4, 0.5) is 20.3 Å². The van der Waals surface area contributed by atoms with Crippen molar-refractivity contribution in [2.24, 2.45) is 0 Å². The first-order valence-electron chi connectivity index (χ1n) is 12.6. The maximum absolute atomic E-state index is 14.6. The molecule has 10 heteroatoms. The van der Waals surface area contributed by atoms with Crippen LogP contribution in [0.25, 0.3) is 33.3 Å². The number of aromatic amines is 1. The maximum Gasteiger partial charge on any atom is 0.357 e. The first-order valence-corrected chi connectivity index (χ1v) is 12.6. The van der Waals surface area contributed by atoms with Crippen molar-refractivity contribution in [2.75, 3.05) is 18.1 Å². The molecule has 1 aromatic carbocycles. The molecule has 0 saturated heterocycles. The lowest BCUT2D eigenvalue weighted by atomic mass is 9.91. The molecule has 0 unspecified atom stereocenters. The maximum atomic E-state index is 14.6. The van der Waals surface area contributed by atoms with E-state index in [2.05, 4.69) is 25.1 Å². The summed E-state index contributed by atoms with van der Waals surface area (Å²) in [7, 11) is 0. The van der Waals surface area contributed by atoms with Gasteiger partial charge in [0.2, 0.25) is 0 Å². The van der Waals surface area contributed by atoms with Crippen LogP contribution in [-0.2, 0) is 11.2 Å². The second kappa shape index (κ2) is 10.2. The van der Waals surface area contributed by atoms with Crippen molar-refractivity contribution in [3.63, 3.8) is 0 Å². The summed E-state index contributed by atoms with van der Waals surface area (Å²) in [6.07, 6.45) is 5.32. The molecular formula is C29H24F2N6O2. The van der Waals surface area contributed by atoms with Gasteiger partial charge in [-0.1, -0.05) is 6.07 Å². The predicted molar refractivity (Wildman–Crippen MR) is 143 cm³/mol. The molecule has 39 heavy (non-hydrogen) atoms. The van der Waals surface area contributed by atoms with E-state index in [1.807, 2.05) is 23.1 Å². The van der Waals surface area contributed by atoms with Gasteiger partial charge in [-0.25, -0.2) is 18.6 Å². The van der Waals surface area contributed by atoms with Crippen LogP contribution in [0.3, 0.4) is 0 Å². The number of alkyl halides is 2. The van der Waals surface area contributed by atoms with Gasteiger partial charge in [-0.2, -0.15) is 5.10 Å². The van der Waals surface area contributed by atoms with Crippen molar-refractivity contribution in [1.82, 2.24) is 25.1 Å². The number of rotatable bonds is 6. The van der Waals surface area contributed by atoms with E-state index < -0.39 is 12.4 Å². The number of hydrogen-bond donors (Lipinski definition) is 1. The molecule has 0 spiro atoms. The lowest BCUT2D eigenvalue weighted by Crippen LogP contribution is -2.27. The highest BCUT2D eigenvalue weighted by molar-refractivity contribution is 5.98. The van der Waals surface area contributed by atoms with Crippen molar-refractivity contribution in [2.45, 2.75) is 26.2 Å².